The van der Waals surface area contributed by atoms with Gasteiger partial charge in [-0.1, -0.05) is 66.9 Å². The molecule has 0 radical (unpaired) electrons. The van der Waals surface area contributed by atoms with Crippen LogP contribution in [0.15, 0.2) is 54.6 Å². The standard InChI is InChI=1S/C24H29ClN2O3S/c25-21-13-11-19(12-14-21)8-4-1-2-7-15-26-22(28)17-27-23(29)16-24(27)31(30)18-20-9-5-3-6-10-20/h3,5-6,9-14,24H,1-2,4,7-8,15-18H2,(H,26,28)/t24-,31-/m1/s1. The Hall–Kier alpha value is -2.02. The fourth-order valence-corrected chi connectivity index (χ4v) is 5.23. The van der Waals surface area contributed by atoms with Gasteiger partial charge in [0.05, 0.1) is 6.42 Å². The van der Waals surface area contributed by atoms with Gasteiger partial charge in [-0.15, -0.1) is 0 Å². The highest BCUT2D eigenvalue weighted by Crippen LogP contribution is 2.26. The normalized spacial score (nSPS) is 16.6. The monoisotopic (exact) mass is 460 g/mol. The Morgan fingerprint density at radius 2 is 1.74 bits per heavy atom. The predicted octanol–water partition coefficient (Wildman–Crippen LogP) is 4.07. The van der Waals surface area contributed by atoms with Crippen LogP contribution in [-0.2, 0) is 32.9 Å². The largest absolute Gasteiger partial charge is 0.614 e. The first-order valence-corrected chi connectivity index (χ1v) is 12.5. The lowest BCUT2D eigenvalue weighted by atomic mass is 10.1. The molecule has 1 aliphatic rings. The number of amides is 2. The molecule has 7 heteroatoms. The molecule has 0 spiro atoms. The van der Waals surface area contributed by atoms with Gasteiger partial charge >= 0.3 is 0 Å². The van der Waals surface area contributed by atoms with Crippen molar-refractivity contribution in [2.24, 2.45) is 0 Å². The maximum atomic E-state index is 12.6. The number of carbonyl (C=O) groups excluding carboxylic acids is 2. The quantitative estimate of drug-likeness (QED) is 0.295. The van der Waals surface area contributed by atoms with Gasteiger partial charge in [0.1, 0.15) is 12.3 Å². The van der Waals surface area contributed by atoms with E-state index in [4.69, 9.17) is 11.6 Å². The first-order chi connectivity index (χ1) is 15.0. The van der Waals surface area contributed by atoms with Gasteiger partial charge < -0.3 is 9.87 Å². The maximum Gasteiger partial charge on any atom is 0.239 e. The van der Waals surface area contributed by atoms with E-state index in [-0.39, 0.29) is 30.2 Å². The summed E-state index contributed by atoms with van der Waals surface area (Å²) in [7, 11) is 0. The van der Waals surface area contributed by atoms with Crippen molar-refractivity contribution in [1.29, 1.82) is 0 Å². The van der Waals surface area contributed by atoms with Crippen LogP contribution < -0.4 is 5.32 Å². The van der Waals surface area contributed by atoms with Crippen LogP contribution in [0.3, 0.4) is 0 Å². The van der Waals surface area contributed by atoms with Crippen molar-refractivity contribution in [3.8, 4) is 0 Å². The fourth-order valence-electron chi connectivity index (χ4n) is 3.58. The second-order valence-electron chi connectivity index (χ2n) is 7.83. The number of carbonyl (C=O) groups is 2. The van der Waals surface area contributed by atoms with Gasteiger partial charge in [0.25, 0.3) is 0 Å². The molecule has 1 aliphatic heterocycles. The number of likely N-dealkylation sites (tertiary alicyclic amines) is 1. The molecule has 166 valence electrons. The third-order valence-corrected chi connectivity index (χ3v) is 7.31. The highest BCUT2D eigenvalue weighted by molar-refractivity contribution is 7.91. The number of halogens is 1. The van der Waals surface area contributed by atoms with Gasteiger partial charge in [0.15, 0.2) is 5.37 Å². The van der Waals surface area contributed by atoms with Crippen LogP contribution in [0.4, 0.5) is 0 Å². The molecular formula is C24H29ClN2O3S. The summed E-state index contributed by atoms with van der Waals surface area (Å²) in [5.41, 5.74) is 2.26. The molecule has 1 N–H and O–H groups in total. The number of aryl methyl sites for hydroxylation is 1. The van der Waals surface area contributed by atoms with Crippen LogP contribution in [0.5, 0.6) is 0 Å². The van der Waals surface area contributed by atoms with Crippen molar-refractivity contribution < 1.29 is 14.1 Å². The lowest BCUT2D eigenvalue weighted by Gasteiger charge is -2.39. The minimum absolute atomic E-state index is 0.0133. The molecule has 2 atom stereocenters. The third-order valence-electron chi connectivity index (χ3n) is 5.41. The highest BCUT2D eigenvalue weighted by Gasteiger charge is 2.45. The number of hydrogen-bond acceptors (Lipinski definition) is 3. The van der Waals surface area contributed by atoms with E-state index in [0.29, 0.717) is 12.3 Å². The summed E-state index contributed by atoms with van der Waals surface area (Å²) in [6.07, 6.45) is 5.43. The van der Waals surface area contributed by atoms with Crippen LogP contribution in [0.1, 0.15) is 43.2 Å². The molecule has 0 bridgehead atoms. The number of benzene rings is 2. The number of hydrogen-bond donors (Lipinski definition) is 1. The summed E-state index contributed by atoms with van der Waals surface area (Å²) in [4.78, 5) is 25.6. The molecule has 2 aromatic carbocycles. The van der Waals surface area contributed by atoms with E-state index < -0.39 is 11.2 Å². The molecule has 0 aromatic heterocycles. The zero-order chi connectivity index (χ0) is 22.1. The summed E-state index contributed by atoms with van der Waals surface area (Å²) in [6, 6.07) is 17.5. The van der Waals surface area contributed by atoms with E-state index in [1.165, 1.54) is 10.5 Å². The summed E-state index contributed by atoms with van der Waals surface area (Å²) in [5, 5.41) is 3.27. The Morgan fingerprint density at radius 3 is 2.45 bits per heavy atom. The molecule has 1 saturated heterocycles. The summed E-state index contributed by atoms with van der Waals surface area (Å²) >= 11 is 4.69. The highest BCUT2D eigenvalue weighted by atomic mass is 35.5. The van der Waals surface area contributed by atoms with E-state index in [1.807, 2.05) is 42.5 Å². The number of β-lactam (4-membered cyclic amide) rings is 1. The van der Waals surface area contributed by atoms with Crippen molar-refractivity contribution in [2.45, 2.75) is 49.7 Å². The molecule has 2 amide bonds. The fraction of sp³-hybridized carbons (Fsp3) is 0.417. The number of nitrogens with one attached hydrogen (secondary N) is 1. The molecule has 1 heterocycles. The van der Waals surface area contributed by atoms with E-state index in [9.17, 15) is 14.1 Å². The van der Waals surface area contributed by atoms with Crippen molar-refractivity contribution >= 4 is 34.6 Å². The molecule has 31 heavy (non-hydrogen) atoms. The topological polar surface area (TPSA) is 72.5 Å². The molecule has 0 aliphatic carbocycles. The second kappa shape index (κ2) is 12.1. The van der Waals surface area contributed by atoms with Gasteiger partial charge in [-0.2, -0.15) is 0 Å². The molecule has 0 unspecified atom stereocenters. The first-order valence-electron chi connectivity index (χ1n) is 10.7. The van der Waals surface area contributed by atoms with Crippen LogP contribution in [-0.4, -0.2) is 39.7 Å². The molecule has 0 saturated carbocycles. The van der Waals surface area contributed by atoms with Crippen LogP contribution in [0.2, 0.25) is 5.02 Å². The van der Waals surface area contributed by atoms with Crippen molar-refractivity contribution in [1.82, 2.24) is 10.2 Å². The third kappa shape index (κ3) is 7.56. The Kier molecular flexibility index (Phi) is 9.25. The zero-order valence-electron chi connectivity index (χ0n) is 17.6. The molecular weight excluding hydrogens is 432 g/mol. The van der Waals surface area contributed by atoms with Crippen molar-refractivity contribution in [2.75, 3.05) is 13.1 Å². The predicted molar refractivity (Wildman–Crippen MR) is 125 cm³/mol. The van der Waals surface area contributed by atoms with Crippen LogP contribution in [0.25, 0.3) is 0 Å². The van der Waals surface area contributed by atoms with Gasteiger partial charge in [0, 0.05) is 17.1 Å². The average Bonchev–Trinajstić information content (AvgIpc) is 2.77. The zero-order valence-corrected chi connectivity index (χ0v) is 19.2. The van der Waals surface area contributed by atoms with E-state index in [2.05, 4.69) is 17.4 Å². The first kappa shape index (κ1) is 23.6. The lowest BCUT2D eigenvalue weighted by Crippen LogP contribution is -2.59. The second-order valence-corrected chi connectivity index (χ2v) is 9.86. The SMILES string of the molecule is O=C(CN1C(=O)C[C@H]1[S@+]([O-])Cc1ccccc1)NCCCCCCc1ccc(Cl)cc1. The molecule has 2 aromatic rings. The van der Waals surface area contributed by atoms with Gasteiger partial charge in [-0.3, -0.25) is 14.5 Å². The minimum atomic E-state index is -1.21. The lowest BCUT2D eigenvalue weighted by molar-refractivity contribution is -0.145. The van der Waals surface area contributed by atoms with Gasteiger partial charge in [-0.25, -0.2) is 0 Å². The molecule has 3 rings (SSSR count). The summed E-state index contributed by atoms with van der Waals surface area (Å²) in [5.74, 6) is 0.104. The van der Waals surface area contributed by atoms with E-state index in [0.717, 1.165) is 42.7 Å². The van der Waals surface area contributed by atoms with Crippen molar-refractivity contribution in [3.05, 3.63) is 70.7 Å². The number of unbranched alkanes of at least 4 members (excludes halogenated alkanes) is 3. The van der Waals surface area contributed by atoms with Gasteiger partial charge in [-0.05, 0) is 48.1 Å². The van der Waals surface area contributed by atoms with E-state index >= 15 is 0 Å². The van der Waals surface area contributed by atoms with Crippen LogP contribution in [0, 0.1) is 0 Å². The Bertz CT molecular complexity index is 848. The number of nitrogens with zero attached hydrogens (tertiary/aromatic N) is 1. The molecule has 1 fully saturated rings. The van der Waals surface area contributed by atoms with Gasteiger partial charge in [0.2, 0.25) is 11.8 Å². The van der Waals surface area contributed by atoms with Crippen molar-refractivity contribution in [3.63, 3.8) is 0 Å². The molecule has 5 nitrogen and oxygen atoms in total. The van der Waals surface area contributed by atoms with Crippen LogP contribution >= 0.6 is 11.6 Å². The Labute approximate surface area is 192 Å². The summed E-state index contributed by atoms with van der Waals surface area (Å²) < 4.78 is 12.6. The summed E-state index contributed by atoms with van der Waals surface area (Å²) in [6.45, 7) is 0.584. The average molecular weight is 461 g/mol. The smallest absolute Gasteiger partial charge is 0.239 e. The maximum absolute atomic E-state index is 12.6. The number of rotatable bonds is 12. The Morgan fingerprint density at radius 1 is 1.03 bits per heavy atom. The Balaban J connectivity index is 1.28. The van der Waals surface area contributed by atoms with E-state index in [1.54, 1.807) is 0 Å². The minimum Gasteiger partial charge on any atom is -0.614 e.